The van der Waals surface area contributed by atoms with Crippen LogP contribution < -0.4 is 9.47 Å². The molecule has 0 bridgehead atoms. The van der Waals surface area contributed by atoms with Gasteiger partial charge in [-0.15, -0.1) is 0 Å². The Morgan fingerprint density at radius 3 is 2.39 bits per heavy atom. The van der Waals surface area contributed by atoms with Gasteiger partial charge in [-0.3, -0.25) is 0 Å². The highest BCUT2D eigenvalue weighted by molar-refractivity contribution is 9.10. The Labute approximate surface area is 112 Å². The summed E-state index contributed by atoms with van der Waals surface area (Å²) in [5, 5.41) is 19.7. The molecule has 0 aliphatic rings. The summed E-state index contributed by atoms with van der Waals surface area (Å²) in [6, 6.07) is 1.46. The van der Waals surface area contributed by atoms with Crippen LogP contribution in [0.2, 0.25) is 0 Å². The van der Waals surface area contributed by atoms with E-state index >= 15 is 0 Å². The number of halogens is 1. The molecule has 0 heterocycles. The summed E-state index contributed by atoms with van der Waals surface area (Å²) in [5.74, 6) is -0.898. The molecule has 2 N–H and O–H groups in total. The van der Waals surface area contributed by atoms with Crippen molar-refractivity contribution in [1.82, 2.24) is 0 Å². The predicted octanol–water partition coefficient (Wildman–Crippen LogP) is 1.38. The number of carbonyl (C=O) groups excluding carboxylic acids is 1. The number of phenolic OH excluding ortho intramolecular Hbond substituents is 1. The third-order valence-electron chi connectivity index (χ3n) is 2.33. The van der Waals surface area contributed by atoms with E-state index in [4.69, 9.17) is 9.47 Å². The average molecular weight is 321 g/mol. The maximum absolute atomic E-state index is 11.3. The molecule has 1 unspecified atom stereocenters. The van der Waals surface area contributed by atoms with Gasteiger partial charge in [-0.1, -0.05) is 0 Å². The summed E-state index contributed by atoms with van der Waals surface area (Å²) in [6.45, 7) is 0. The van der Waals surface area contributed by atoms with E-state index in [0.717, 1.165) is 7.11 Å². The van der Waals surface area contributed by atoms with Crippen LogP contribution in [0.15, 0.2) is 10.5 Å². The second-order valence-corrected chi connectivity index (χ2v) is 4.14. The van der Waals surface area contributed by atoms with Crippen molar-refractivity contribution in [2.75, 3.05) is 21.3 Å². The molecule has 7 heteroatoms. The highest BCUT2D eigenvalue weighted by Gasteiger charge is 2.29. The van der Waals surface area contributed by atoms with Gasteiger partial charge in [0.15, 0.2) is 17.6 Å². The van der Waals surface area contributed by atoms with Gasteiger partial charge in [-0.25, -0.2) is 4.79 Å². The number of ether oxygens (including phenoxy) is 3. The minimum absolute atomic E-state index is 0.0658. The second-order valence-electron chi connectivity index (χ2n) is 3.28. The van der Waals surface area contributed by atoms with Gasteiger partial charge in [0.2, 0.25) is 0 Å². The van der Waals surface area contributed by atoms with Crippen molar-refractivity contribution in [2.24, 2.45) is 0 Å². The lowest BCUT2D eigenvalue weighted by atomic mass is 10.1. The molecule has 0 spiro atoms. The molecule has 0 amide bonds. The normalized spacial score (nSPS) is 11.8. The SMILES string of the molecule is COC(=O)C(O)c1c(O)c(Br)cc(OC)c1OC. The summed E-state index contributed by atoms with van der Waals surface area (Å²) in [6.07, 6.45) is -1.67. The lowest BCUT2D eigenvalue weighted by Gasteiger charge is -2.18. The highest BCUT2D eigenvalue weighted by Crippen LogP contribution is 2.45. The monoisotopic (exact) mass is 320 g/mol. The van der Waals surface area contributed by atoms with E-state index in [1.165, 1.54) is 20.3 Å². The molecular formula is C11H13BrO6. The highest BCUT2D eigenvalue weighted by atomic mass is 79.9. The van der Waals surface area contributed by atoms with E-state index in [2.05, 4.69) is 20.7 Å². The van der Waals surface area contributed by atoms with Gasteiger partial charge >= 0.3 is 5.97 Å². The van der Waals surface area contributed by atoms with Crippen LogP contribution in [0, 0.1) is 0 Å². The smallest absolute Gasteiger partial charge is 0.339 e. The summed E-state index contributed by atoms with van der Waals surface area (Å²) in [5.41, 5.74) is -0.115. The molecule has 0 aliphatic heterocycles. The Bertz CT molecular complexity index is 459. The Morgan fingerprint density at radius 1 is 1.33 bits per heavy atom. The summed E-state index contributed by atoms with van der Waals surface area (Å²) >= 11 is 3.09. The fourth-order valence-electron chi connectivity index (χ4n) is 1.46. The average Bonchev–Trinajstić information content (AvgIpc) is 2.39. The molecule has 1 aromatic rings. The van der Waals surface area contributed by atoms with Crippen molar-refractivity contribution >= 4 is 21.9 Å². The molecule has 1 aromatic carbocycles. The van der Waals surface area contributed by atoms with E-state index in [1.807, 2.05) is 0 Å². The molecule has 1 rings (SSSR count). The fraction of sp³-hybridized carbons (Fsp3) is 0.364. The molecular weight excluding hydrogens is 308 g/mol. The molecule has 18 heavy (non-hydrogen) atoms. The number of aliphatic hydroxyl groups is 1. The quantitative estimate of drug-likeness (QED) is 0.815. The van der Waals surface area contributed by atoms with Gasteiger partial charge < -0.3 is 24.4 Å². The van der Waals surface area contributed by atoms with E-state index < -0.39 is 12.1 Å². The van der Waals surface area contributed by atoms with E-state index in [1.54, 1.807) is 0 Å². The van der Waals surface area contributed by atoms with E-state index in [9.17, 15) is 15.0 Å². The number of hydrogen-bond donors (Lipinski definition) is 2. The number of esters is 1. The second kappa shape index (κ2) is 5.92. The Hall–Kier alpha value is -1.47. The number of aromatic hydroxyl groups is 1. The van der Waals surface area contributed by atoms with Crippen LogP contribution in [0.3, 0.4) is 0 Å². The van der Waals surface area contributed by atoms with Gasteiger partial charge in [0.25, 0.3) is 0 Å². The zero-order chi connectivity index (χ0) is 13.9. The first-order valence-corrected chi connectivity index (χ1v) is 5.66. The lowest BCUT2D eigenvalue weighted by molar-refractivity contribution is -0.150. The summed E-state index contributed by atoms with van der Waals surface area (Å²) in [4.78, 5) is 11.3. The lowest BCUT2D eigenvalue weighted by Crippen LogP contribution is -2.15. The Balaban J connectivity index is 3.48. The largest absolute Gasteiger partial charge is 0.506 e. The van der Waals surface area contributed by atoms with Crippen molar-refractivity contribution in [3.8, 4) is 17.2 Å². The standard InChI is InChI=1S/C11H13BrO6/c1-16-6-4-5(12)8(13)7(10(6)17-2)9(14)11(15)18-3/h4,9,13-14H,1-3H3. The summed E-state index contributed by atoms with van der Waals surface area (Å²) in [7, 11) is 3.86. The molecule has 0 aromatic heterocycles. The fourth-order valence-corrected chi connectivity index (χ4v) is 1.88. The third kappa shape index (κ3) is 2.51. The minimum atomic E-state index is -1.67. The van der Waals surface area contributed by atoms with Gasteiger partial charge in [-0.05, 0) is 15.9 Å². The van der Waals surface area contributed by atoms with Gasteiger partial charge in [-0.2, -0.15) is 0 Å². The van der Waals surface area contributed by atoms with Crippen molar-refractivity contribution in [2.45, 2.75) is 6.10 Å². The number of methoxy groups -OCH3 is 3. The number of phenols is 1. The van der Waals surface area contributed by atoms with Crippen LogP contribution in [-0.2, 0) is 9.53 Å². The zero-order valence-corrected chi connectivity index (χ0v) is 11.6. The van der Waals surface area contributed by atoms with Crippen LogP contribution >= 0.6 is 15.9 Å². The number of aliphatic hydroxyl groups excluding tert-OH is 1. The van der Waals surface area contributed by atoms with Crippen LogP contribution in [0.1, 0.15) is 11.7 Å². The van der Waals surface area contributed by atoms with Crippen molar-refractivity contribution in [1.29, 1.82) is 0 Å². The van der Waals surface area contributed by atoms with Crippen LogP contribution in [0.25, 0.3) is 0 Å². The number of carbonyl (C=O) groups is 1. The Morgan fingerprint density at radius 2 is 1.94 bits per heavy atom. The summed E-state index contributed by atoms with van der Waals surface area (Å²) < 4.78 is 14.8. The predicted molar refractivity (Wildman–Crippen MR) is 65.9 cm³/mol. The molecule has 6 nitrogen and oxygen atoms in total. The molecule has 0 saturated carbocycles. The minimum Gasteiger partial charge on any atom is -0.506 e. The molecule has 100 valence electrons. The van der Waals surface area contributed by atoms with Gasteiger partial charge in [0.05, 0.1) is 31.4 Å². The van der Waals surface area contributed by atoms with Crippen LogP contribution in [0.5, 0.6) is 17.2 Å². The molecule has 0 radical (unpaired) electrons. The first-order valence-electron chi connectivity index (χ1n) is 4.87. The van der Waals surface area contributed by atoms with Crippen LogP contribution in [0.4, 0.5) is 0 Å². The van der Waals surface area contributed by atoms with E-state index in [0.29, 0.717) is 0 Å². The van der Waals surface area contributed by atoms with Crippen molar-refractivity contribution < 1.29 is 29.2 Å². The van der Waals surface area contributed by atoms with Gasteiger partial charge in [0.1, 0.15) is 5.75 Å². The molecule has 1 atom stereocenters. The number of benzene rings is 1. The maximum Gasteiger partial charge on any atom is 0.339 e. The van der Waals surface area contributed by atoms with Crippen molar-refractivity contribution in [3.63, 3.8) is 0 Å². The first kappa shape index (κ1) is 14.6. The first-order chi connectivity index (χ1) is 8.47. The third-order valence-corrected chi connectivity index (χ3v) is 2.93. The maximum atomic E-state index is 11.3. The van der Waals surface area contributed by atoms with Crippen molar-refractivity contribution in [3.05, 3.63) is 16.1 Å². The van der Waals surface area contributed by atoms with Gasteiger partial charge in [0, 0.05) is 6.07 Å². The topological polar surface area (TPSA) is 85.2 Å². The number of hydrogen-bond acceptors (Lipinski definition) is 6. The van der Waals surface area contributed by atoms with Crippen LogP contribution in [-0.4, -0.2) is 37.5 Å². The molecule has 0 fully saturated rings. The molecule has 0 aliphatic carbocycles. The van der Waals surface area contributed by atoms with E-state index in [-0.39, 0.29) is 27.3 Å². The molecule has 0 saturated heterocycles. The number of rotatable bonds is 4. The zero-order valence-electron chi connectivity index (χ0n) is 10.1. The Kier molecular flexibility index (Phi) is 4.80.